The first-order chi connectivity index (χ1) is 6.95. The molecule has 84 valence electrons. The summed E-state index contributed by atoms with van der Waals surface area (Å²) < 4.78 is 0. The maximum Gasteiger partial charge on any atom is 0.254 e. The van der Waals surface area contributed by atoms with Crippen LogP contribution >= 0.6 is 11.3 Å². The van der Waals surface area contributed by atoms with Crippen LogP contribution in [0.1, 0.15) is 25.6 Å². The SMILES string of the molecule is CCN(Cc1cccs1)C(=O)C(C)(C)O. The molecule has 1 rings (SSSR count). The van der Waals surface area contributed by atoms with Gasteiger partial charge in [-0.3, -0.25) is 4.79 Å². The molecule has 0 atom stereocenters. The largest absolute Gasteiger partial charge is 0.381 e. The molecule has 1 N–H and O–H groups in total. The van der Waals surface area contributed by atoms with Crippen LogP contribution in [-0.2, 0) is 11.3 Å². The maximum absolute atomic E-state index is 11.8. The summed E-state index contributed by atoms with van der Waals surface area (Å²) in [4.78, 5) is 14.6. The van der Waals surface area contributed by atoms with E-state index < -0.39 is 5.60 Å². The van der Waals surface area contributed by atoms with Crippen molar-refractivity contribution in [3.8, 4) is 0 Å². The van der Waals surface area contributed by atoms with Gasteiger partial charge in [-0.1, -0.05) is 6.07 Å². The molecule has 0 saturated heterocycles. The minimum atomic E-state index is -1.28. The van der Waals surface area contributed by atoms with Crippen molar-refractivity contribution < 1.29 is 9.90 Å². The highest BCUT2D eigenvalue weighted by Gasteiger charge is 2.28. The molecule has 0 fully saturated rings. The van der Waals surface area contributed by atoms with Crippen LogP contribution in [0.4, 0.5) is 0 Å². The third kappa shape index (κ3) is 3.32. The van der Waals surface area contributed by atoms with E-state index in [2.05, 4.69) is 0 Å². The van der Waals surface area contributed by atoms with Crippen LogP contribution in [0.15, 0.2) is 17.5 Å². The molecule has 0 bridgehead atoms. The van der Waals surface area contributed by atoms with Crippen LogP contribution < -0.4 is 0 Å². The second-order valence-electron chi connectivity index (χ2n) is 3.96. The number of carbonyl (C=O) groups is 1. The second kappa shape index (κ2) is 4.77. The first kappa shape index (κ1) is 12.2. The Bertz CT molecular complexity index is 314. The monoisotopic (exact) mass is 227 g/mol. The molecule has 0 aliphatic carbocycles. The van der Waals surface area contributed by atoms with Gasteiger partial charge in [0.2, 0.25) is 0 Å². The normalized spacial score (nSPS) is 11.5. The zero-order valence-electron chi connectivity index (χ0n) is 9.36. The Labute approximate surface area is 94.3 Å². The van der Waals surface area contributed by atoms with Crippen molar-refractivity contribution in [3.05, 3.63) is 22.4 Å². The summed E-state index contributed by atoms with van der Waals surface area (Å²) in [6.45, 7) is 6.15. The molecule has 15 heavy (non-hydrogen) atoms. The molecule has 0 unspecified atom stereocenters. The van der Waals surface area contributed by atoms with E-state index in [1.54, 1.807) is 16.2 Å². The molecular formula is C11H17NO2S. The van der Waals surface area contributed by atoms with Crippen molar-refractivity contribution in [2.45, 2.75) is 32.9 Å². The fourth-order valence-corrected chi connectivity index (χ4v) is 2.02. The first-order valence-corrected chi connectivity index (χ1v) is 5.87. The highest BCUT2D eigenvalue weighted by molar-refractivity contribution is 7.09. The lowest BCUT2D eigenvalue weighted by Crippen LogP contribution is -2.44. The summed E-state index contributed by atoms with van der Waals surface area (Å²) in [5.41, 5.74) is -1.28. The Balaban J connectivity index is 2.69. The van der Waals surface area contributed by atoms with Gasteiger partial charge in [0, 0.05) is 11.4 Å². The van der Waals surface area contributed by atoms with Crippen LogP contribution in [0, 0.1) is 0 Å². The number of nitrogens with zero attached hydrogens (tertiary/aromatic N) is 1. The molecule has 0 aliphatic heterocycles. The highest BCUT2D eigenvalue weighted by atomic mass is 32.1. The summed E-state index contributed by atoms with van der Waals surface area (Å²) in [5, 5.41) is 11.6. The third-order valence-electron chi connectivity index (χ3n) is 2.12. The maximum atomic E-state index is 11.8. The minimum absolute atomic E-state index is 0.224. The van der Waals surface area contributed by atoms with Crippen molar-refractivity contribution in [3.63, 3.8) is 0 Å². The second-order valence-corrected chi connectivity index (χ2v) is 4.99. The highest BCUT2D eigenvalue weighted by Crippen LogP contribution is 2.15. The Morgan fingerprint density at radius 1 is 1.60 bits per heavy atom. The topological polar surface area (TPSA) is 40.5 Å². The van der Waals surface area contributed by atoms with Crippen molar-refractivity contribution in [1.29, 1.82) is 0 Å². The van der Waals surface area contributed by atoms with Gasteiger partial charge in [-0.05, 0) is 32.2 Å². The number of hydrogen-bond acceptors (Lipinski definition) is 3. The summed E-state index contributed by atoms with van der Waals surface area (Å²) in [6.07, 6.45) is 0. The lowest BCUT2D eigenvalue weighted by Gasteiger charge is -2.27. The van der Waals surface area contributed by atoms with Gasteiger partial charge in [-0.25, -0.2) is 0 Å². The predicted octanol–water partition coefficient (Wildman–Crippen LogP) is 1.87. The lowest BCUT2D eigenvalue weighted by atomic mass is 10.1. The third-order valence-corrected chi connectivity index (χ3v) is 2.98. The standard InChI is InChI=1S/C11H17NO2S/c1-4-12(10(13)11(2,3)14)8-9-6-5-7-15-9/h5-7,14H,4,8H2,1-3H3. The number of rotatable bonds is 4. The number of amides is 1. The van der Waals surface area contributed by atoms with Gasteiger partial charge < -0.3 is 10.0 Å². The van der Waals surface area contributed by atoms with Crippen LogP contribution in [0.5, 0.6) is 0 Å². The van der Waals surface area contributed by atoms with E-state index in [9.17, 15) is 9.90 Å². The van der Waals surface area contributed by atoms with Gasteiger partial charge in [0.05, 0.1) is 6.54 Å². The minimum Gasteiger partial charge on any atom is -0.381 e. The number of thiophene rings is 1. The van der Waals surface area contributed by atoms with Crippen LogP contribution in [-0.4, -0.2) is 28.1 Å². The quantitative estimate of drug-likeness (QED) is 0.853. The zero-order valence-corrected chi connectivity index (χ0v) is 10.2. The molecule has 0 spiro atoms. The molecule has 1 amide bonds. The Morgan fingerprint density at radius 2 is 2.27 bits per heavy atom. The average Bonchev–Trinajstić information content (AvgIpc) is 2.64. The smallest absolute Gasteiger partial charge is 0.254 e. The summed E-state index contributed by atoms with van der Waals surface area (Å²) in [7, 11) is 0. The van der Waals surface area contributed by atoms with Gasteiger partial charge in [0.25, 0.3) is 5.91 Å². The number of hydrogen-bond donors (Lipinski definition) is 1. The summed E-state index contributed by atoms with van der Waals surface area (Å²) in [6, 6.07) is 3.95. The number of aliphatic hydroxyl groups is 1. The lowest BCUT2D eigenvalue weighted by molar-refractivity contribution is -0.148. The molecule has 1 aromatic heterocycles. The van der Waals surface area contributed by atoms with Gasteiger partial charge in [0.15, 0.2) is 0 Å². The van der Waals surface area contributed by atoms with Crippen LogP contribution in [0.25, 0.3) is 0 Å². The van der Waals surface area contributed by atoms with Crippen molar-refractivity contribution in [1.82, 2.24) is 4.90 Å². The summed E-state index contributed by atoms with van der Waals surface area (Å²) >= 11 is 1.62. The van der Waals surface area contributed by atoms with E-state index >= 15 is 0 Å². The molecule has 3 nitrogen and oxygen atoms in total. The Kier molecular flexibility index (Phi) is 3.88. The summed E-state index contributed by atoms with van der Waals surface area (Å²) in [5.74, 6) is -0.224. The predicted molar refractivity (Wildman–Crippen MR) is 61.7 cm³/mol. The molecule has 0 saturated carbocycles. The molecule has 0 aromatic carbocycles. The molecular weight excluding hydrogens is 210 g/mol. The van der Waals surface area contributed by atoms with E-state index in [0.29, 0.717) is 13.1 Å². The van der Waals surface area contributed by atoms with Gasteiger partial charge in [0.1, 0.15) is 5.60 Å². The van der Waals surface area contributed by atoms with E-state index in [1.807, 2.05) is 24.4 Å². The number of likely N-dealkylation sites (N-methyl/N-ethyl adjacent to an activating group) is 1. The average molecular weight is 227 g/mol. The number of carbonyl (C=O) groups excluding carboxylic acids is 1. The van der Waals surface area contributed by atoms with Gasteiger partial charge >= 0.3 is 0 Å². The molecule has 0 aliphatic rings. The van der Waals surface area contributed by atoms with Crippen molar-refractivity contribution >= 4 is 17.2 Å². The Morgan fingerprint density at radius 3 is 2.67 bits per heavy atom. The van der Waals surface area contributed by atoms with Gasteiger partial charge in [-0.15, -0.1) is 11.3 Å². The fraction of sp³-hybridized carbons (Fsp3) is 0.545. The first-order valence-electron chi connectivity index (χ1n) is 4.99. The van der Waals surface area contributed by atoms with Crippen molar-refractivity contribution in [2.24, 2.45) is 0 Å². The molecule has 1 aromatic rings. The van der Waals surface area contributed by atoms with Gasteiger partial charge in [-0.2, -0.15) is 0 Å². The molecule has 0 radical (unpaired) electrons. The van der Waals surface area contributed by atoms with E-state index in [4.69, 9.17) is 0 Å². The molecule has 1 heterocycles. The van der Waals surface area contributed by atoms with E-state index in [1.165, 1.54) is 13.8 Å². The fourth-order valence-electron chi connectivity index (χ4n) is 1.30. The van der Waals surface area contributed by atoms with Crippen LogP contribution in [0.2, 0.25) is 0 Å². The van der Waals surface area contributed by atoms with E-state index in [0.717, 1.165) is 4.88 Å². The zero-order chi connectivity index (χ0) is 11.5. The van der Waals surface area contributed by atoms with E-state index in [-0.39, 0.29) is 5.91 Å². The Hall–Kier alpha value is -0.870. The van der Waals surface area contributed by atoms with Crippen LogP contribution in [0.3, 0.4) is 0 Å². The molecule has 4 heteroatoms. The van der Waals surface area contributed by atoms with Crippen molar-refractivity contribution in [2.75, 3.05) is 6.54 Å².